The van der Waals surface area contributed by atoms with Crippen LogP contribution in [0.15, 0.2) is 59.5 Å². The fourth-order valence-electron chi connectivity index (χ4n) is 1.89. The topological polar surface area (TPSA) is 59.8 Å². The molecule has 0 bridgehead atoms. The molecule has 1 N–H and O–H groups in total. The Bertz CT molecular complexity index is 783. The van der Waals surface area contributed by atoms with Gasteiger partial charge < -0.3 is 5.32 Å². The number of benzene rings is 1. The van der Waals surface area contributed by atoms with E-state index in [4.69, 9.17) is 0 Å². The highest BCUT2D eigenvalue weighted by Gasteiger charge is 2.09. The van der Waals surface area contributed by atoms with E-state index in [1.165, 1.54) is 18.3 Å². The minimum absolute atomic E-state index is 0.225. The number of hydrogen-bond donors (Lipinski definition) is 1. The van der Waals surface area contributed by atoms with E-state index in [0.717, 1.165) is 0 Å². The molecule has 3 rings (SSSR count). The molecule has 0 unspecified atom stereocenters. The first kappa shape index (κ1) is 14.4. The van der Waals surface area contributed by atoms with E-state index >= 15 is 0 Å². The Balaban J connectivity index is 1.76. The standard InChI is InChI=1S/C15H10BrFN4O/c16-11-6-10(7-12(17)8-11)15(22)20-13-2-3-14(18-9-13)21-5-1-4-19-21/h1-9H,(H,20,22). The summed E-state index contributed by atoms with van der Waals surface area (Å²) in [5, 5.41) is 6.73. The Morgan fingerprint density at radius 2 is 2.14 bits per heavy atom. The third-order valence-corrected chi connectivity index (χ3v) is 3.33. The number of nitrogens with zero attached hydrogens (tertiary/aromatic N) is 3. The molecule has 0 aliphatic rings. The minimum Gasteiger partial charge on any atom is -0.321 e. The minimum atomic E-state index is -0.480. The van der Waals surface area contributed by atoms with Crippen LogP contribution >= 0.6 is 15.9 Å². The van der Waals surface area contributed by atoms with Crippen molar-refractivity contribution < 1.29 is 9.18 Å². The van der Waals surface area contributed by atoms with Gasteiger partial charge in [0.25, 0.3) is 5.91 Å². The van der Waals surface area contributed by atoms with Crippen LogP contribution in [0, 0.1) is 5.82 Å². The first-order chi connectivity index (χ1) is 10.6. The van der Waals surface area contributed by atoms with Crippen LogP contribution in [0.25, 0.3) is 5.82 Å². The Kier molecular flexibility index (Phi) is 3.97. The molecule has 1 amide bonds. The summed E-state index contributed by atoms with van der Waals surface area (Å²) in [6.45, 7) is 0. The summed E-state index contributed by atoms with van der Waals surface area (Å²) in [6.07, 6.45) is 4.94. The second-order valence-corrected chi connectivity index (χ2v) is 5.38. The van der Waals surface area contributed by atoms with Gasteiger partial charge in [-0.25, -0.2) is 14.1 Å². The maximum atomic E-state index is 13.3. The first-order valence-corrected chi connectivity index (χ1v) is 7.14. The van der Waals surface area contributed by atoms with Gasteiger partial charge in [0.05, 0.1) is 11.9 Å². The third-order valence-electron chi connectivity index (χ3n) is 2.87. The molecule has 7 heteroatoms. The van der Waals surface area contributed by atoms with Crippen molar-refractivity contribution in [2.75, 3.05) is 5.32 Å². The fourth-order valence-corrected chi connectivity index (χ4v) is 2.35. The number of nitrogens with one attached hydrogen (secondary N) is 1. The highest BCUT2D eigenvalue weighted by molar-refractivity contribution is 9.10. The van der Waals surface area contributed by atoms with Crippen LogP contribution in [0.3, 0.4) is 0 Å². The first-order valence-electron chi connectivity index (χ1n) is 6.35. The van der Waals surface area contributed by atoms with Gasteiger partial charge in [0, 0.05) is 22.4 Å². The Morgan fingerprint density at radius 3 is 2.77 bits per heavy atom. The van der Waals surface area contributed by atoms with Crippen LogP contribution < -0.4 is 5.32 Å². The largest absolute Gasteiger partial charge is 0.321 e. The summed E-state index contributed by atoms with van der Waals surface area (Å²) in [5.41, 5.74) is 0.740. The second-order valence-electron chi connectivity index (χ2n) is 4.47. The molecule has 2 aromatic heterocycles. The Hall–Kier alpha value is -2.54. The van der Waals surface area contributed by atoms with E-state index in [-0.39, 0.29) is 5.56 Å². The van der Waals surface area contributed by atoms with Crippen LogP contribution in [0.1, 0.15) is 10.4 Å². The smallest absolute Gasteiger partial charge is 0.255 e. The zero-order chi connectivity index (χ0) is 15.5. The molecular weight excluding hydrogens is 351 g/mol. The van der Waals surface area contributed by atoms with Gasteiger partial charge in [-0.2, -0.15) is 5.10 Å². The van der Waals surface area contributed by atoms with Crippen molar-refractivity contribution >= 4 is 27.5 Å². The molecule has 2 heterocycles. The maximum absolute atomic E-state index is 13.3. The number of anilines is 1. The zero-order valence-corrected chi connectivity index (χ0v) is 12.8. The van der Waals surface area contributed by atoms with Gasteiger partial charge in [0.15, 0.2) is 5.82 Å². The SMILES string of the molecule is O=C(Nc1ccc(-n2cccn2)nc1)c1cc(F)cc(Br)c1. The molecule has 1 aromatic carbocycles. The lowest BCUT2D eigenvalue weighted by Crippen LogP contribution is -2.12. The van der Waals surface area contributed by atoms with Crippen molar-refractivity contribution in [1.82, 2.24) is 14.8 Å². The number of carbonyl (C=O) groups is 1. The zero-order valence-electron chi connectivity index (χ0n) is 11.2. The lowest BCUT2D eigenvalue weighted by Gasteiger charge is -2.07. The molecule has 22 heavy (non-hydrogen) atoms. The average molecular weight is 361 g/mol. The fraction of sp³-hybridized carbons (Fsp3) is 0. The molecule has 110 valence electrons. The van der Waals surface area contributed by atoms with Gasteiger partial charge in [-0.3, -0.25) is 4.79 Å². The summed E-state index contributed by atoms with van der Waals surface area (Å²) < 4.78 is 15.4. The van der Waals surface area contributed by atoms with Gasteiger partial charge in [0.2, 0.25) is 0 Å². The number of hydrogen-bond acceptors (Lipinski definition) is 3. The van der Waals surface area contributed by atoms with Crippen LogP contribution in [-0.4, -0.2) is 20.7 Å². The number of pyridine rings is 1. The van der Waals surface area contributed by atoms with Crippen molar-refractivity contribution in [2.45, 2.75) is 0 Å². The highest BCUT2D eigenvalue weighted by Crippen LogP contribution is 2.16. The summed E-state index contributed by atoms with van der Waals surface area (Å²) in [4.78, 5) is 16.3. The van der Waals surface area contributed by atoms with E-state index in [1.807, 2.05) is 0 Å². The summed E-state index contributed by atoms with van der Waals surface area (Å²) in [6, 6.07) is 9.23. The lowest BCUT2D eigenvalue weighted by atomic mass is 10.2. The molecule has 5 nitrogen and oxygen atoms in total. The van der Waals surface area contributed by atoms with Crippen LogP contribution in [0.2, 0.25) is 0 Å². The molecule has 0 aliphatic heterocycles. The van der Waals surface area contributed by atoms with Gasteiger partial charge in [-0.1, -0.05) is 15.9 Å². The molecule has 0 fully saturated rings. The Morgan fingerprint density at radius 1 is 1.27 bits per heavy atom. The van der Waals surface area contributed by atoms with Crippen LogP contribution in [-0.2, 0) is 0 Å². The average Bonchev–Trinajstić information content (AvgIpc) is 3.01. The van der Waals surface area contributed by atoms with Crippen LogP contribution in [0.4, 0.5) is 10.1 Å². The molecule has 0 radical (unpaired) electrons. The van der Waals surface area contributed by atoms with Crippen molar-refractivity contribution in [3.05, 3.63) is 70.8 Å². The highest BCUT2D eigenvalue weighted by atomic mass is 79.9. The van der Waals surface area contributed by atoms with Crippen molar-refractivity contribution in [3.63, 3.8) is 0 Å². The molecule has 0 aliphatic carbocycles. The number of carbonyl (C=O) groups excluding carboxylic acids is 1. The molecule has 0 spiro atoms. The van der Waals surface area contributed by atoms with Crippen molar-refractivity contribution in [3.8, 4) is 5.82 Å². The van der Waals surface area contributed by atoms with Gasteiger partial charge in [-0.15, -0.1) is 0 Å². The predicted molar refractivity (Wildman–Crippen MR) is 83.4 cm³/mol. The maximum Gasteiger partial charge on any atom is 0.255 e. The summed E-state index contributed by atoms with van der Waals surface area (Å²) in [7, 11) is 0. The van der Waals surface area contributed by atoms with E-state index < -0.39 is 11.7 Å². The van der Waals surface area contributed by atoms with Gasteiger partial charge >= 0.3 is 0 Å². The molecular formula is C15H10BrFN4O. The molecule has 3 aromatic rings. The van der Waals surface area contributed by atoms with E-state index in [1.54, 1.807) is 41.3 Å². The number of rotatable bonds is 3. The number of amides is 1. The van der Waals surface area contributed by atoms with Crippen LogP contribution in [0.5, 0.6) is 0 Å². The summed E-state index contributed by atoms with van der Waals surface area (Å²) in [5.74, 6) is -0.253. The third kappa shape index (κ3) is 3.20. The van der Waals surface area contributed by atoms with E-state index in [0.29, 0.717) is 16.0 Å². The number of halogens is 2. The monoisotopic (exact) mass is 360 g/mol. The Labute approximate surface area is 133 Å². The van der Waals surface area contributed by atoms with Gasteiger partial charge in [0.1, 0.15) is 5.82 Å². The lowest BCUT2D eigenvalue weighted by molar-refractivity contribution is 0.102. The summed E-state index contributed by atoms with van der Waals surface area (Å²) >= 11 is 3.16. The van der Waals surface area contributed by atoms with Crippen molar-refractivity contribution in [1.29, 1.82) is 0 Å². The predicted octanol–water partition coefficient (Wildman–Crippen LogP) is 3.42. The quantitative estimate of drug-likeness (QED) is 0.778. The molecule has 0 saturated heterocycles. The molecule has 0 atom stereocenters. The normalized spacial score (nSPS) is 10.5. The van der Waals surface area contributed by atoms with Gasteiger partial charge in [-0.05, 0) is 36.4 Å². The molecule has 0 saturated carbocycles. The van der Waals surface area contributed by atoms with Crippen molar-refractivity contribution in [2.24, 2.45) is 0 Å². The van der Waals surface area contributed by atoms with E-state index in [2.05, 4.69) is 31.3 Å². The number of aromatic nitrogens is 3. The second kappa shape index (κ2) is 6.07. The van der Waals surface area contributed by atoms with E-state index in [9.17, 15) is 9.18 Å².